The Morgan fingerprint density at radius 2 is 2.23 bits per heavy atom. The second-order valence-corrected chi connectivity index (χ2v) is 4.83. The molecule has 0 aromatic heterocycles. The third-order valence-corrected chi connectivity index (χ3v) is 2.33. The first kappa shape index (κ1) is 10.5. The van der Waals surface area contributed by atoms with E-state index >= 15 is 0 Å². The summed E-state index contributed by atoms with van der Waals surface area (Å²) in [6.07, 6.45) is 1.07. The van der Waals surface area contributed by atoms with E-state index in [-0.39, 0.29) is 18.5 Å². The van der Waals surface area contributed by atoms with Crippen LogP contribution in [0.1, 0.15) is 13.3 Å². The van der Waals surface area contributed by atoms with Crippen molar-refractivity contribution in [3.8, 4) is 0 Å². The van der Waals surface area contributed by atoms with Gasteiger partial charge in [-0.2, -0.15) is 8.42 Å². The molecule has 0 aromatic carbocycles. The molecule has 2 atom stereocenters. The van der Waals surface area contributed by atoms with Crippen molar-refractivity contribution in [3.05, 3.63) is 0 Å². The molecule has 1 rings (SSSR count). The van der Waals surface area contributed by atoms with E-state index in [1.54, 1.807) is 6.92 Å². The van der Waals surface area contributed by atoms with E-state index in [1.807, 2.05) is 0 Å². The molecule has 1 saturated heterocycles. The van der Waals surface area contributed by atoms with Gasteiger partial charge in [0.1, 0.15) is 12.7 Å². The van der Waals surface area contributed by atoms with Crippen LogP contribution in [-0.4, -0.2) is 33.4 Å². The first-order valence-corrected chi connectivity index (χ1v) is 5.75. The van der Waals surface area contributed by atoms with Gasteiger partial charge in [-0.3, -0.25) is 8.98 Å². The molecule has 1 heterocycles. The van der Waals surface area contributed by atoms with Crippen LogP contribution in [0, 0.1) is 5.92 Å². The van der Waals surface area contributed by atoms with Crippen molar-refractivity contribution in [1.29, 1.82) is 0 Å². The minimum absolute atomic E-state index is 0.0745. The van der Waals surface area contributed by atoms with Gasteiger partial charge in [0.25, 0.3) is 10.1 Å². The molecule has 0 aliphatic carbocycles. The lowest BCUT2D eigenvalue weighted by Gasteiger charge is -2.07. The number of cyclic esters (lactones) is 1. The predicted octanol–water partition coefficient (Wildman–Crippen LogP) is -0.0858. The molecule has 0 bridgehead atoms. The van der Waals surface area contributed by atoms with Gasteiger partial charge in [0.2, 0.25) is 0 Å². The van der Waals surface area contributed by atoms with Crippen LogP contribution in [0.4, 0.5) is 0 Å². The summed E-state index contributed by atoms with van der Waals surface area (Å²) in [5.41, 5.74) is 0. The first-order valence-electron chi connectivity index (χ1n) is 3.93. The number of esters is 1. The fourth-order valence-corrected chi connectivity index (χ4v) is 1.52. The second-order valence-electron chi connectivity index (χ2n) is 3.18. The Bertz CT molecular complexity index is 294. The van der Waals surface area contributed by atoms with Gasteiger partial charge < -0.3 is 4.74 Å². The topological polar surface area (TPSA) is 69.7 Å². The van der Waals surface area contributed by atoms with Gasteiger partial charge in [-0.25, -0.2) is 0 Å². The molecule has 0 N–H and O–H groups in total. The minimum atomic E-state index is -3.44. The Kier molecular flexibility index (Phi) is 2.92. The Hall–Kier alpha value is -0.620. The molecular formula is C7H12O5S. The summed E-state index contributed by atoms with van der Waals surface area (Å²) >= 11 is 0. The number of carbonyl (C=O) groups is 1. The summed E-state index contributed by atoms with van der Waals surface area (Å²) in [6, 6.07) is 0. The number of hydrogen-bond donors (Lipinski definition) is 0. The van der Waals surface area contributed by atoms with Gasteiger partial charge >= 0.3 is 5.97 Å². The highest BCUT2D eigenvalue weighted by molar-refractivity contribution is 7.85. The monoisotopic (exact) mass is 208 g/mol. The normalized spacial score (nSPS) is 28.9. The zero-order valence-corrected chi connectivity index (χ0v) is 8.33. The van der Waals surface area contributed by atoms with Crippen molar-refractivity contribution >= 4 is 16.1 Å². The highest BCUT2D eigenvalue weighted by Crippen LogP contribution is 2.20. The molecule has 1 aliphatic heterocycles. The summed E-state index contributed by atoms with van der Waals surface area (Å²) < 4.78 is 30.5. The minimum Gasteiger partial charge on any atom is -0.460 e. The summed E-state index contributed by atoms with van der Waals surface area (Å²) in [4.78, 5) is 10.9. The largest absolute Gasteiger partial charge is 0.460 e. The lowest BCUT2D eigenvalue weighted by molar-refractivity contribution is -0.144. The molecule has 6 heteroatoms. The number of hydrogen-bond acceptors (Lipinski definition) is 5. The van der Waals surface area contributed by atoms with E-state index in [0.29, 0.717) is 6.42 Å². The molecule has 0 amide bonds. The number of ether oxygens (including phenoxy) is 1. The van der Waals surface area contributed by atoms with E-state index in [1.165, 1.54) is 0 Å². The summed E-state index contributed by atoms with van der Waals surface area (Å²) in [5.74, 6) is -0.449. The van der Waals surface area contributed by atoms with Crippen LogP contribution in [-0.2, 0) is 23.8 Å². The van der Waals surface area contributed by atoms with Crippen molar-refractivity contribution in [1.82, 2.24) is 0 Å². The molecule has 76 valence electrons. The van der Waals surface area contributed by atoms with Gasteiger partial charge in [0.15, 0.2) is 0 Å². The maximum atomic E-state index is 10.9. The van der Waals surface area contributed by atoms with Crippen LogP contribution in [0.2, 0.25) is 0 Å². The molecule has 1 aliphatic rings. The second kappa shape index (κ2) is 3.63. The molecule has 0 radical (unpaired) electrons. The van der Waals surface area contributed by atoms with E-state index in [4.69, 9.17) is 4.74 Å². The highest BCUT2D eigenvalue weighted by Gasteiger charge is 2.31. The third-order valence-electron chi connectivity index (χ3n) is 1.77. The maximum Gasteiger partial charge on any atom is 0.309 e. The van der Waals surface area contributed by atoms with Crippen LogP contribution in [0.25, 0.3) is 0 Å². The van der Waals surface area contributed by atoms with Crippen LogP contribution >= 0.6 is 0 Å². The molecule has 0 saturated carbocycles. The molecule has 0 unspecified atom stereocenters. The molecule has 0 aromatic rings. The highest BCUT2D eigenvalue weighted by atomic mass is 32.2. The van der Waals surface area contributed by atoms with Crippen molar-refractivity contribution < 1.29 is 22.1 Å². The van der Waals surface area contributed by atoms with Gasteiger partial charge in [0, 0.05) is 0 Å². The SMILES string of the molecule is C[C@H]1C[C@@H](COS(C)(=O)=O)OC1=O. The smallest absolute Gasteiger partial charge is 0.309 e. The van der Waals surface area contributed by atoms with Crippen molar-refractivity contribution in [2.24, 2.45) is 5.92 Å². The zero-order chi connectivity index (χ0) is 10.1. The van der Waals surface area contributed by atoms with Crippen molar-refractivity contribution in [3.63, 3.8) is 0 Å². The van der Waals surface area contributed by atoms with E-state index in [0.717, 1.165) is 6.26 Å². The van der Waals surface area contributed by atoms with E-state index in [2.05, 4.69) is 4.18 Å². The predicted molar refractivity (Wildman–Crippen MR) is 44.5 cm³/mol. The Labute approximate surface area is 77.1 Å². The average molecular weight is 208 g/mol. The zero-order valence-electron chi connectivity index (χ0n) is 7.52. The third kappa shape index (κ3) is 3.31. The quantitative estimate of drug-likeness (QED) is 0.479. The standard InChI is InChI=1S/C7H12O5S/c1-5-3-6(12-7(5)8)4-11-13(2,9)10/h5-6H,3-4H2,1-2H3/t5-,6-/m0/s1. The molecule has 0 spiro atoms. The first-order chi connectivity index (χ1) is 5.88. The average Bonchev–Trinajstić information content (AvgIpc) is 2.27. The fraction of sp³-hybridized carbons (Fsp3) is 0.857. The van der Waals surface area contributed by atoms with Gasteiger partial charge in [-0.05, 0) is 6.42 Å². The van der Waals surface area contributed by atoms with Crippen molar-refractivity contribution in [2.45, 2.75) is 19.4 Å². The molecular weight excluding hydrogens is 196 g/mol. The van der Waals surface area contributed by atoms with Crippen LogP contribution in [0.15, 0.2) is 0 Å². The molecule has 13 heavy (non-hydrogen) atoms. The molecule has 5 nitrogen and oxygen atoms in total. The van der Waals surface area contributed by atoms with Gasteiger partial charge in [-0.1, -0.05) is 6.92 Å². The summed E-state index contributed by atoms with van der Waals surface area (Å²) in [7, 11) is -3.44. The van der Waals surface area contributed by atoms with Crippen LogP contribution in [0.3, 0.4) is 0 Å². The number of rotatable bonds is 3. The number of carbonyl (C=O) groups excluding carboxylic acids is 1. The van der Waals surface area contributed by atoms with E-state index < -0.39 is 16.2 Å². The van der Waals surface area contributed by atoms with Gasteiger partial charge in [0.05, 0.1) is 12.2 Å². The lowest BCUT2D eigenvalue weighted by atomic mass is 10.1. The lowest BCUT2D eigenvalue weighted by Crippen LogP contribution is -2.17. The van der Waals surface area contributed by atoms with Crippen molar-refractivity contribution in [2.75, 3.05) is 12.9 Å². The summed E-state index contributed by atoms with van der Waals surface area (Å²) in [6.45, 7) is 1.66. The van der Waals surface area contributed by atoms with Crippen LogP contribution < -0.4 is 0 Å². The Balaban J connectivity index is 2.37. The van der Waals surface area contributed by atoms with E-state index in [9.17, 15) is 13.2 Å². The summed E-state index contributed by atoms with van der Waals surface area (Å²) in [5, 5.41) is 0. The Morgan fingerprint density at radius 1 is 1.62 bits per heavy atom. The molecule has 1 fully saturated rings. The van der Waals surface area contributed by atoms with Crippen LogP contribution in [0.5, 0.6) is 0 Å². The maximum absolute atomic E-state index is 10.9. The Morgan fingerprint density at radius 3 is 2.62 bits per heavy atom. The van der Waals surface area contributed by atoms with Gasteiger partial charge in [-0.15, -0.1) is 0 Å². The fourth-order valence-electron chi connectivity index (χ4n) is 1.12.